The van der Waals surface area contributed by atoms with Crippen molar-refractivity contribution in [2.24, 2.45) is 5.92 Å². The van der Waals surface area contributed by atoms with Gasteiger partial charge in [-0.15, -0.1) is 0 Å². The maximum Gasteiger partial charge on any atom is 0.231 e. The van der Waals surface area contributed by atoms with Crippen molar-refractivity contribution in [2.45, 2.75) is 32.1 Å². The normalized spacial score (nSPS) is 17.8. The number of nitrogens with zero attached hydrogens (tertiary/aromatic N) is 4. The van der Waals surface area contributed by atoms with Crippen molar-refractivity contribution in [3.63, 3.8) is 0 Å². The van der Waals surface area contributed by atoms with Crippen LogP contribution in [0.5, 0.6) is 5.75 Å². The maximum atomic E-state index is 13.3. The number of rotatable bonds is 7. The number of pyridine rings is 1. The second-order valence-corrected chi connectivity index (χ2v) is 8.77. The van der Waals surface area contributed by atoms with Gasteiger partial charge in [-0.25, -0.2) is 4.98 Å². The summed E-state index contributed by atoms with van der Waals surface area (Å²) in [6.45, 7) is 5.20. The minimum atomic E-state index is 0.138. The molecule has 0 radical (unpaired) electrons. The largest absolute Gasteiger partial charge is 0.495 e. The molecule has 1 aromatic carbocycles. The Morgan fingerprint density at radius 3 is 2.59 bits per heavy atom. The highest BCUT2D eigenvalue weighted by molar-refractivity contribution is 5.94. The van der Waals surface area contributed by atoms with Gasteiger partial charge in [-0.2, -0.15) is 0 Å². The zero-order chi connectivity index (χ0) is 22.3. The number of carbonyl (C=O) groups is 1. The van der Waals surface area contributed by atoms with Crippen molar-refractivity contribution in [1.29, 1.82) is 0 Å². The molecular formula is C25H35N5O2. The predicted molar refractivity (Wildman–Crippen MR) is 129 cm³/mol. The number of benzene rings is 1. The molecule has 1 amide bonds. The molecule has 1 saturated carbocycles. The molecular weight excluding hydrogens is 402 g/mol. The molecule has 4 rings (SSSR count). The molecule has 0 spiro atoms. The van der Waals surface area contributed by atoms with Gasteiger partial charge < -0.3 is 15.4 Å². The zero-order valence-electron chi connectivity index (χ0n) is 19.1. The van der Waals surface area contributed by atoms with Crippen molar-refractivity contribution in [3.05, 3.63) is 42.6 Å². The molecule has 1 aromatic heterocycles. The van der Waals surface area contributed by atoms with E-state index < -0.39 is 0 Å². The summed E-state index contributed by atoms with van der Waals surface area (Å²) in [6.07, 6.45) is 7.33. The zero-order valence-corrected chi connectivity index (χ0v) is 19.1. The summed E-state index contributed by atoms with van der Waals surface area (Å²) >= 11 is 0. The van der Waals surface area contributed by atoms with Gasteiger partial charge >= 0.3 is 0 Å². The van der Waals surface area contributed by atoms with E-state index in [1.54, 1.807) is 13.3 Å². The molecule has 32 heavy (non-hydrogen) atoms. The number of anilines is 3. The van der Waals surface area contributed by atoms with Gasteiger partial charge in [0.2, 0.25) is 5.91 Å². The monoisotopic (exact) mass is 437 g/mol. The Morgan fingerprint density at radius 2 is 1.91 bits per heavy atom. The Bertz CT molecular complexity index is 877. The first-order valence-electron chi connectivity index (χ1n) is 11.8. The fourth-order valence-corrected chi connectivity index (χ4v) is 4.83. The number of piperazine rings is 1. The fourth-order valence-electron chi connectivity index (χ4n) is 4.83. The molecule has 2 aliphatic rings. The lowest BCUT2D eigenvalue weighted by atomic mass is 9.88. The fraction of sp³-hybridized carbons (Fsp3) is 0.520. The molecule has 0 unspecified atom stereocenters. The Morgan fingerprint density at radius 1 is 1.12 bits per heavy atom. The molecule has 0 bridgehead atoms. The van der Waals surface area contributed by atoms with E-state index in [-0.39, 0.29) is 11.8 Å². The van der Waals surface area contributed by atoms with E-state index in [4.69, 9.17) is 10.5 Å². The number of ether oxygens (including phenoxy) is 1. The van der Waals surface area contributed by atoms with Gasteiger partial charge in [-0.3, -0.25) is 14.6 Å². The van der Waals surface area contributed by atoms with Crippen molar-refractivity contribution in [2.75, 3.05) is 61.9 Å². The van der Waals surface area contributed by atoms with Gasteiger partial charge in [0.1, 0.15) is 11.6 Å². The summed E-state index contributed by atoms with van der Waals surface area (Å²) in [5.41, 5.74) is 7.80. The number of nitrogen functional groups attached to an aromatic ring is 1. The predicted octanol–water partition coefficient (Wildman–Crippen LogP) is 3.41. The number of hydrogen-bond acceptors (Lipinski definition) is 6. The van der Waals surface area contributed by atoms with Crippen LogP contribution in [0.1, 0.15) is 32.1 Å². The molecule has 1 saturated heterocycles. The van der Waals surface area contributed by atoms with Gasteiger partial charge in [0, 0.05) is 57.1 Å². The summed E-state index contributed by atoms with van der Waals surface area (Å²) in [5, 5.41) is 0. The molecule has 0 atom stereocenters. The number of aromatic nitrogens is 1. The highest BCUT2D eigenvalue weighted by atomic mass is 16.5. The molecule has 2 aromatic rings. The summed E-state index contributed by atoms with van der Waals surface area (Å²) in [4.78, 5) is 24.5. The van der Waals surface area contributed by atoms with Crippen molar-refractivity contribution >= 4 is 23.1 Å². The van der Waals surface area contributed by atoms with E-state index in [2.05, 4.69) is 14.8 Å². The lowest BCUT2D eigenvalue weighted by Crippen LogP contribution is -2.50. The van der Waals surface area contributed by atoms with E-state index in [9.17, 15) is 4.79 Å². The van der Waals surface area contributed by atoms with Gasteiger partial charge in [0.25, 0.3) is 0 Å². The first-order valence-corrected chi connectivity index (χ1v) is 11.8. The average molecular weight is 438 g/mol. The topological polar surface area (TPSA) is 74.9 Å². The van der Waals surface area contributed by atoms with Crippen LogP contribution < -0.4 is 20.3 Å². The van der Waals surface area contributed by atoms with Crippen LogP contribution in [0, 0.1) is 5.92 Å². The Balaban J connectivity index is 1.37. The molecule has 2 N–H and O–H groups in total. The molecule has 7 heteroatoms. The highest BCUT2D eigenvalue weighted by Crippen LogP contribution is 2.31. The van der Waals surface area contributed by atoms with E-state index in [0.717, 1.165) is 81.3 Å². The molecule has 1 aliphatic heterocycles. The summed E-state index contributed by atoms with van der Waals surface area (Å²) in [7, 11) is 1.70. The third-order valence-electron chi connectivity index (χ3n) is 6.70. The SMILES string of the molecule is COc1ccc(N)cc1N1CCN(CCN(C(=O)C2CCCCC2)c2ccccn2)CC1. The smallest absolute Gasteiger partial charge is 0.231 e. The minimum absolute atomic E-state index is 0.138. The van der Waals surface area contributed by atoms with Crippen LogP contribution in [-0.4, -0.2) is 62.2 Å². The second kappa shape index (κ2) is 10.7. The van der Waals surface area contributed by atoms with Crippen molar-refractivity contribution in [3.8, 4) is 5.75 Å². The van der Waals surface area contributed by atoms with Crippen molar-refractivity contribution < 1.29 is 9.53 Å². The first kappa shape index (κ1) is 22.4. The Hall–Kier alpha value is -2.80. The Labute approximate surface area is 191 Å². The highest BCUT2D eigenvalue weighted by Gasteiger charge is 2.28. The summed E-state index contributed by atoms with van der Waals surface area (Å²) in [6, 6.07) is 11.6. The average Bonchev–Trinajstić information content (AvgIpc) is 2.85. The third kappa shape index (κ3) is 5.33. The second-order valence-electron chi connectivity index (χ2n) is 8.77. The van der Waals surface area contributed by atoms with E-state index in [1.165, 1.54) is 6.42 Å². The van der Waals surface area contributed by atoms with E-state index in [1.807, 2.05) is 41.3 Å². The van der Waals surface area contributed by atoms with E-state index in [0.29, 0.717) is 6.54 Å². The van der Waals surface area contributed by atoms with Crippen LogP contribution in [-0.2, 0) is 4.79 Å². The quantitative estimate of drug-likeness (QED) is 0.669. The summed E-state index contributed by atoms with van der Waals surface area (Å²) in [5.74, 6) is 2.00. The van der Waals surface area contributed by atoms with E-state index >= 15 is 0 Å². The third-order valence-corrected chi connectivity index (χ3v) is 6.70. The standard InChI is InChI=1S/C25H35N5O2/c1-32-23-11-10-21(26)19-22(23)29-16-13-28(14-17-29)15-18-30(24-9-5-6-12-27-24)25(31)20-7-3-2-4-8-20/h5-6,9-12,19-20H,2-4,7-8,13-18,26H2,1H3. The van der Waals surface area contributed by atoms with Crippen LogP contribution in [0.3, 0.4) is 0 Å². The van der Waals surface area contributed by atoms with Crippen LogP contribution in [0.15, 0.2) is 42.6 Å². The van der Waals surface area contributed by atoms with Gasteiger partial charge in [0.15, 0.2) is 0 Å². The maximum absolute atomic E-state index is 13.3. The van der Waals surface area contributed by atoms with Crippen LogP contribution in [0.2, 0.25) is 0 Å². The molecule has 7 nitrogen and oxygen atoms in total. The lowest BCUT2D eigenvalue weighted by Gasteiger charge is -2.38. The van der Waals surface area contributed by atoms with Gasteiger partial charge in [-0.1, -0.05) is 25.3 Å². The number of carbonyl (C=O) groups excluding carboxylic acids is 1. The van der Waals surface area contributed by atoms with Crippen LogP contribution in [0.25, 0.3) is 0 Å². The molecule has 172 valence electrons. The lowest BCUT2D eigenvalue weighted by molar-refractivity contribution is -0.123. The minimum Gasteiger partial charge on any atom is -0.495 e. The molecule has 2 fully saturated rings. The van der Waals surface area contributed by atoms with Crippen molar-refractivity contribution in [1.82, 2.24) is 9.88 Å². The van der Waals surface area contributed by atoms with Gasteiger partial charge in [0.05, 0.1) is 12.8 Å². The number of amides is 1. The number of hydrogen-bond donors (Lipinski definition) is 1. The van der Waals surface area contributed by atoms with Crippen LogP contribution >= 0.6 is 0 Å². The molecule has 1 aliphatic carbocycles. The van der Waals surface area contributed by atoms with Gasteiger partial charge in [-0.05, 0) is 43.2 Å². The van der Waals surface area contributed by atoms with Crippen LogP contribution in [0.4, 0.5) is 17.2 Å². The number of methoxy groups -OCH3 is 1. The summed E-state index contributed by atoms with van der Waals surface area (Å²) < 4.78 is 5.53. The first-order chi connectivity index (χ1) is 15.7. The number of nitrogens with two attached hydrogens (primary N) is 1. The Kier molecular flexibility index (Phi) is 7.47. The molecule has 2 heterocycles.